The molecule has 2 amide bonds. The quantitative estimate of drug-likeness (QED) is 0.779. The summed E-state index contributed by atoms with van der Waals surface area (Å²) in [6.45, 7) is 4.18. The van der Waals surface area contributed by atoms with Crippen LogP contribution < -0.4 is 5.32 Å². The Bertz CT molecular complexity index is 766. The van der Waals surface area contributed by atoms with Crippen LogP contribution in [0.15, 0.2) is 12.4 Å². The first kappa shape index (κ1) is 20.1. The summed E-state index contributed by atoms with van der Waals surface area (Å²) in [6, 6.07) is 0.321. The number of hydrogen-bond acceptors (Lipinski definition) is 3. The van der Waals surface area contributed by atoms with Crippen molar-refractivity contribution in [2.45, 2.75) is 77.2 Å². The van der Waals surface area contributed by atoms with Crippen LogP contribution in [0.4, 0.5) is 0 Å². The molecule has 4 bridgehead atoms. The van der Waals surface area contributed by atoms with Crippen LogP contribution in [0, 0.1) is 23.2 Å². The van der Waals surface area contributed by atoms with Crippen LogP contribution in [0.2, 0.25) is 0 Å². The lowest BCUT2D eigenvalue weighted by Gasteiger charge is -2.55. The summed E-state index contributed by atoms with van der Waals surface area (Å²) >= 11 is 0. The van der Waals surface area contributed by atoms with E-state index in [9.17, 15) is 9.59 Å². The number of hydrogen-bond donors (Lipinski definition) is 1. The van der Waals surface area contributed by atoms with Crippen molar-refractivity contribution in [2.75, 3.05) is 19.6 Å². The summed E-state index contributed by atoms with van der Waals surface area (Å²) in [5, 5.41) is 3.17. The Morgan fingerprint density at radius 3 is 2.53 bits per heavy atom. The maximum Gasteiger partial charge on any atom is 0.226 e. The SMILES string of the molecule is CCc1nccn1C1CCCN(C(=O)CCNC(=O)C23CC4CC(CC(C4)C2)C3)C1. The van der Waals surface area contributed by atoms with Crippen molar-refractivity contribution in [2.24, 2.45) is 23.2 Å². The standard InChI is InChI=1S/C24H36N4O2/c1-2-21-25-7-9-28(21)20-4-3-8-27(16-20)22(29)5-6-26-23(30)24-13-17-10-18(14-24)12-19(11-17)15-24/h7,9,17-20H,2-6,8,10-16H2,1H3,(H,26,30). The average molecular weight is 413 g/mol. The number of nitrogens with zero attached hydrogens (tertiary/aromatic N) is 3. The van der Waals surface area contributed by atoms with Crippen molar-refractivity contribution < 1.29 is 9.59 Å². The Morgan fingerprint density at radius 2 is 1.87 bits per heavy atom. The Balaban J connectivity index is 1.13. The third-order valence-electron chi connectivity index (χ3n) is 8.35. The molecular weight excluding hydrogens is 376 g/mol. The van der Waals surface area contributed by atoms with Crippen molar-refractivity contribution in [3.8, 4) is 0 Å². The Labute approximate surface area is 179 Å². The highest BCUT2D eigenvalue weighted by Crippen LogP contribution is 2.60. The molecule has 6 rings (SSSR count). The van der Waals surface area contributed by atoms with E-state index in [1.165, 1.54) is 19.3 Å². The normalized spacial score (nSPS) is 34.9. The van der Waals surface area contributed by atoms with Gasteiger partial charge in [-0.25, -0.2) is 4.98 Å². The van der Waals surface area contributed by atoms with E-state index in [2.05, 4.69) is 21.8 Å². The molecule has 30 heavy (non-hydrogen) atoms. The summed E-state index contributed by atoms with van der Waals surface area (Å²) in [7, 11) is 0. The van der Waals surface area contributed by atoms with E-state index >= 15 is 0 Å². The number of carbonyl (C=O) groups is 2. The summed E-state index contributed by atoms with van der Waals surface area (Å²) in [5.41, 5.74) is -0.119. The van der Waals surface area contributed by atoms with Crippen LogP contribution in [0.5, 0.6) is 0 Å². The molecule has 4 saturated carbocycles. The Hall–Kier alpha value is -1.85. The zero-order chi connectivity index (χ0) is 20.7. The van der Waals surface area contributed by atoms with Crippen LogP contribution in [-0.2, 0) is 16.0 Å². The van der Waals surface area contributed by atoms with Gasteiger partial charge in [0.2, 0.25) is 11.8 Å². The number of aromatic nitrogens is 2. The predicted octanol–water partition coefficient (Wildman–Crippen LogP) is 3.33. The number of piperidine rings is 1. The van der Waals surface area contributed by atoms with Gasteiger partial charge in [0.1, 0.15) is 5.82 Å². The minimum Gasteiger partial charge on any atom is -0.355 e. The van der Waals surface area contributed by atoms with Gasteiger partial charge in [0.05, 0.1) is 6.04 Å². The fourth-order valence-electron chi connectivity index (χ4n) is 7.38. The molecule has 4 aliphatic carbocycles. The van der Waals surface area contributed by atoms with Crippen molar-refractivity contribution in [3.63, 3.8) is 0 Å². The van der Waals surface area contributed by atoms with Crippen LogP contribution in [0.3, 0.4) is 0 Å². The van der Waals surface area contributed by atoms with Gasteiger partial charge in [-0.05, 0) is 69.1 Å². The lowest BCUT2D eigenvalue weighted by atomic mass is 9.49. The van der Waals surface area contributed by atoms with E-state index in [0.717, 1.165) is 75.2 Å². The van der Waals surface area contributed by atoms with Crippen LogP contribution in [0.1, 0.15) is 76.6 Å². The van der Waals surface area contributed by atoms with Gasteiger partial charge in [-0.15, -0.1) is 0 Å². The monoisotopic (exact) mass is 412 g/mol. The molecule has 1 aromatic heterocycles. The lowest BCUT2D eigenvalue weighted by Crippen LogP contribution is -2.54. The van der Waals surface area contributed by atoms with Crippen LogP contribution >= 0.6 is 0 Å². The molecular formula is C24H36N4O2. The minimum atomic E-state index is -0.119. The highest BCUT2D eigenvalue weighted by atomic mass is 16.2. The number of imidazole rings is 1. The van der Waals surface area contributed by atoms with E-state index in [1.807, 2.05) is 17.3 Å². The van der Waals surface area contributed by atoms with Gasteiger partial charge in [-0.3, -0.25) is 9.59 Å². The molecule has 164 valence electrons. The van der Waals surface area contributed by atoms with Crippen molar-refractivity contribution in [1.82, 2.24) is 19.8 Å². The molecule has 5 fully saturated rings. The lowest BCUT2D eigenvalue weighted by molar-refractivity contribution is -0.146. The first-order valence-electron chi connectivity index (χ1n) is 12.1. The highest BCUT2D eigenvalue weighted by Gasteiger charge is 2.54. The molecule has 1 saturated heterocycles. The zero-order valence-electron chi connectivity index (χ0n) is 18.3. The van der Waals surface area contributed by atoms with E-state index in [1.54, 1.807) is 0 Å². The molecule has 1 N–H and O–H groups in total. The number of likely N-dealkylation sites (tertiary alicyclic amines) is 1. The first-order chi connectivity index (χ1) is 14.6. The Morgan fingerprint density at radius 1 is 1.17 bits per heavy atom. The molecule has 2 heterocycles. The molecule has 0 spiro atoms. The fourth-order valence-corrected chi connectivity index (χ4v) is 7.38. The second-order valence-electron chi connectivity index (χ2n) is 10.4. The van der Waals surface area contributed by atoms with Gasteiger partial charge < -0.3 is 14.8 Å². The molecule has 6 nitrogen and oxygen atoms in total. The number of nitrogens with one attached hydrogen (secondary N) is 1. The maximum absolute atomic E-state index is 13.1. The highest BCUT2D eigenvalue weighted by molar-refractivity contribution is 5.84. The summed E-state index contributed by atoms with van der Waals surface area (Å²) in [6.07, 6.45) is 14.6. The summed E-state index contributed by atoms with van der Waals surface area (Å²) in [4.78, 5) is 32.4. The Kier molecular flexibility index (Phi) is 5.36. The zero-order valence-corrected chi connectivity index (χ0v) is 18.3. The van der Waals surface area contributed by atoms with Gasteiger partial charge in [-0.2, -0.15) is 0 Å². The van der Waals surface area contributed by atoms with Crippen molar-refractivity contribution in [3.05, 3.63) is 18.2 Å². The number of amides is 2. The fraction of sp³-hybridized carbons (Fsp3) is 0.792. The van der Waals surface area contributed by atoms with E-state index in [4.69, 9.17) is 0 Å². The number of aryl methyl sites for hydroxylation is 1. The molecule has 1 atom stereocenters. The van der Waals surface area contributed by atoms with Gasteiger partial charge in [0.25, 0.3) is 0 Å². The number of carbonyl (C=O) groups excluding carboxylic acids is 2. The van der Waals surface area contributed by atoms with Crippen LogP contribution in [-0.4, -0.2) is 45.9 Å². The third kappa shape index (κ3) is 3.67. The van der Waals surface area contributed by atoms with Gasteiger partial charge in [-0.1, -0.05) is 6.92 Å². The smallest absolute Gasteiger partial charge is 0.226 e. The number of rotatable bonds is 6. The van der Waals surface area contributed by atoms with Gasteiger partial charge >= 0.3 is 0 Å². The second-order valence-corrected chi connectivity index (χ2v) is 10.4. The molecule has 1 aromatic rings. The molecule has 0 aromatic carbocycles. The molecule has 0 radical (unpaired) electrons. The minimum absolute atomic E-state index is 0.119. The first-order valence-corrected chi connectivity index (χ1v) is 12.1. The molecule has 6 heteroatoms. The van der Waals surface area contributed by atoms with Gasteiger partial charge in [0.15, 0.2) is 0 Å². The van der Waals surface area contributed by atoms with Gasteiger partial charge in [0, 0.05) is 50.3 Å². The van der Waals surface area contributed by atoms with E-state index in [0.29, 0.717) is 19.0 Å². The molecule has 1 aliphatic heterocycles. The topological polar surface area (TPSA) is 67.2 Å². The van der Waals surface area contributed by atoms with E-state index in [-0.39, 0.29) is 17.2 Å². The van der Waals surface area contributed by atoms with Crippen molar-refractivity contribution in [1.29, 1.82) is 0 Å². The predicted molar refractivity (Wildman–Crippen MR) is 115 cm³/mol. The largest absolute Gasteiger partial charge is 0.355 e. The second kappa shape index (κ2) is 8.01. The van der Waals surface area contributed by atoms with Crippen molar-refractivity contribution >= 4 is 11.8 Å². The average Bonchev–Trinajstić information content (AvgIpc) is 3.21. The summed E-state index contributed by atoms with van der Waals surface area (Å²) in [5.74, 6) is 3.80. The molecule has 5 aliphatic rings. The maximum atomic E-state index is 13.1. The van der Waals surface area contributed by atoms with E-state index < -0.39 is 0 Å². The third-order valence-corrected chi connectivity index (χ3v) is 8.35. The van der Waals surface area contributed by atoms with Crippen LogP contribution in [0.25, 0.3) is 0 Å². The summed E-state index contributed by atoms with van der Waals surface area (Å²) < 4.78 is 2.24. The molecule has 1 unspecified atom stereocenters.